The van der Waals surface area contributed by atoms with Gasteiger partial charge >= 0.3 is 0 Å². The van der Waals surface area contributed by atoms with Crippen LogP contribution >= 0.6 is 15.9 Å². The van der Waals surface area contributed by atoms with Crippen LogP contribution in [0.25, 0.3) is 0 Å². The molecule has 0 unspecified atom stereocenters. The number of benzene rings is 1. The topological polar surface area (TPSA) is 110 Å². The molecule has 0 bridgehead atoms. The van der Waals surface area contributed by atoms with E-state index in [2.05, 4.69) is 31.3 Å². The SMILES string of the molecule is N#Cc1ncn(CC(=O)Nc2ccc(N)cc2Br)n1. The van der Waals surface area contributed by atoms with Crippen molar-refractivity contribution in [3.8, 4) is 6.07 Å². The Labute approximate surface area is 117 Å². The van der Waals surface area contributed by atoms with Gasteiger partial charge in [0.1, 0.15) is 18.9 Å². The molecule has 8 heteroatoms. The molecule has 0 fully saturated rings. The third-order valence-electron chi connectivity index (χ3n) is 2.21. The number of nitrogens with zero attached hydrogens (tertiary/aromatic N) is 4. The van der Waals surface area contributed by atoms with E-state index < -0.39 is 0 Å². The van der Waals surface area contributed by atoms with Gasteiger partial charge < -0.3 is 11.1 Å². The van der Waals surface area contributed by atoms with Crippen LogP contribution < -0.4 is 11.1 Å². The zero-order chi connectivity index (χ0) is 13.8. The van der Waals surface area contributed by atoms with E-state index in [1.165, 1.54) is 11.0 Å². The fraction of sp³-hybridized carbons (Fsp3) is 0.0909. The molecule has 2 aromatic rings. The van der Waals surface area contributed by atoms with E-state index in [-0.39, 0.29) is 18.3 Å². The standard InChI is InChI=1S/C11H9BrN6O/c12-8-3-7(14)1-2-9(8)16-11(19)5-18-6-15-10(4-13)17-18/h1-3,6H,5,14H2,(H,16,19). The lowest BCUT2D eigenvalue weighted by Crippen LogP contribution is -2.19. The highest BCUT2D eigenvalue weighted by Crippen LogP contribution is 2.24. The lowest BCUT2D eigenvalue weighted by molar-refractivity contribution is -0.116. The quantitative estimate of drug-likeness (QED) is 0.824. The number of carbonyl (C=O) groups is 1. The van der Waals surface area contributed by atoms with Crippen molar-refractivity contribution in [2.45, 2.75) is 6.54 Å². The molecule has 0 aliphatic rings. The van der Waals surface area contributed by atoms with Crippen LogP contribution in [-0.4, -0.2) is 20.7 Å². The summed E-state index contributed by atoms with van der Waals surface area (Å²) in [6.45, 7) is -0.0223. The zero-order valence-corrected chi connectivity index (χ0v) is 11.3. The minimum absolute atomic E-state index is 0.0223. The van der Waals surface area contributed by atoms with Crippen molar-refractivity contribution in [3.05, 3.63) is 34.8 Å². The van der Waals surface area contributed by atoms with Crippen LogP contribution in [0.2, 0.25) is 0 Å². The molecular formula is C11H9BrN6O. The molecule has 19 heavy (non-hydrogen) atoms. The average Bonchev–Trinajstić information content (AvgIpc) is 2.80. The summed E-state index contributed by atoms with van der Waals surface area (Å²) in [5.74, 6) is -0.249. The van der Waals surface area contributed by atoms with Crippen LogP contribution in [0, 0.1) is 11.3 Å². The molecule has 3 N–H and O–H groups in total. The van der Waals surface area contributed by atoms with Crippen LogP contribution in [0.5, 0.6) is 0 Å². The first-order chi connectivity index (χ1) is 9.08. The highest BCUT2D eigenvalue weighted by Gasteiger charge is 2.08. The molecular weight excluding hydrogens is 312 g/mol. The fourth-order valence-electron chi connectivity index (χ4n) is 1.39. The Morgan fingerprint density at radius 3 is 3.00 bits per heavy atom. The normalized spacial score (nSPS) is 9.89. The molecule has 0 saturated heterocycles. The van der Waals surface area contributed by atoms with E-state index in [1.54, 1.807) is 24.3 Å². The number of amides is 1. The van der Waals surface area contributed by atoms with Crippen molar-refractivity contribution < 1.29 is 4.79 Å². The molecule has 96 valence electrons. The van der Waals surface area contributed by atoms with Crippen LogP contribution in [0.3, 0.4) is 0 Å². The first kappa shape index (κ1) is 13.0. The predicted octanol–water partition coefficient (Wildman–Crippen LogP) is 1.13. The minimum Gasteiger partial charge on any atom is -0.399 e. The molecule has 1 aromatic carbocycles. The fourth-order valence-corrected chi connectivity index (χ4v) is 1.89. The second kappa shape index (κ2) is 5.49. The zero-order valence-electron chi connectivity index (χ0n) is 9.67. The summed E-state index contributed by atoms with van der Waals surface area (Å²) in [5, 5.41) is 15.1. The monoisotopic (exact) mass is 320 g/mol. The molecule has 0 aliphatic carbocycles. The Balaban J connectivity index is 2.03. The van der Waals surface area contributed by atoms with Gasteiger partial charge in [-0.25, -0.2) is 9.67 Å². The van der Waals surface area contributed by atoms with E-state index in [0.29, 0.717) is 15.8 Å². The van der Waals surface area contributed by atoms with E-state index >= 15 is 0 Å². The van der Waals surface area contributed by atoms with Gasteiger partial charge in [0.05, 0.1) is 5.69 Å². The highest BCUT2D eigenvalue weighted by atomic mass is 79.9. The Kier molecular flexibility index (Phi) is 3.77. The smallest absolute Gasteiger partial charge is 0.252 e. The number of halogens is 1. The number of nitriles is 1. The number of nitrogens with two attached hydrogens (primary N) is 1. The van der Waals surface area contributed by atoms with Crippen molar-refractivity contribution in [2.75, 3.05) is 11.1 Å². The summed E-state index contributed by atoms with van der Waals surface area (Å²) < 4.78 is 1.98. The second-order valence-corrected chi connectivity index (χ2v) is 4.52. The molecule has 0 saturated carbocycles. The van der Waals surface area contributed by atoms with Crippen LogP contribution in [0.1, 0.15) is 5.82 Å². The number of rotatable bonds is 3. The number of anilines is 2. The Morgan fingerprint density at radius 1 is 1.58 bits per heavy atom. The van der Waals surface area contributed by atoms with Crippen molar-refractivity contribution in [2.24, 2.45) is 0 Å². The molecule has 1 aromatic heterocycles. The van der Waals surface area contributed by atoms with Gasteiger partial charge in [-0.15, -0.1) is 5.10 Å². The molecule has 2 rings (SSSR count). The van der Waals surface area contributed by atoms with Gasteiger partial charge in [0.2, 0.25) is 5.91 Å². The maximum absolute atomic E-state index is 11.8. The molecule has 1 heterocycles. The molecule has 0 aliphatic heterocycles. The predicted molar refractivity (Wildman–Crippen MR) is 71.9 cm³/mol. The van der Waals surface area contributed by atoms with Crippen molar-refractivity contribution in [3.63, 3.8) is 0 Å². The van der Waals surface area contributed by atoms with Crippen LogP contribution in [0.4, 0.5) is 11.4 Å². The third kappa shape index (κ3) is 3.29. The van der Waals surface area contributed by atoms with Crippen molar-refractivity contribution >= 4 is 33.2 Å². The lowest BCUT2D eigenvalue weighted by Gasteiger charge is -2.07. The highest BCUT2D eigenvalue weighted by molar-refractivity contribution is 9.10. The summed E-state index contributed by atoms with van der Waals surface area (Å²) in [6.07, 6.45) is 1.33. The molecule has 7 nitrogen and oxygen atoms in total. The summed E-state index contributed by atoms with van der Waals surface area (Å²) in [7, 11) is 0. The summed E-state index contributed by atoms with van der Waals surface area (Å²) in [5.41, 5.74) is 6.81. The van der Waals surface area contributed by atoms with Gasteiger partial charge in [-0.2, -0.15) is 5.26 Å². The van der Waals surface area contributed by atoms with Crippen molar-refractivity contribution in [1.82, 2.24) is 14.8 Å². The first-order valence-corrected chi connectivity index (χ1v) is 6.02. The number of nitrogen functional groups attached to an aromatic ring is 1. The molecule has 0 spiro atoms. The number of hydrogen-bond donors (Lipinski definition) is 2. The third-order valence-corrected chi connectivity index (χ3v) is 2.87. The number of carbonyl (C=O) groups excluding carboxylic acids is 1. The van der Waals surface area contributed by atoms with Gasteiger partial charge in [-0.05, 0) is 34.1 Å². The number of nitrogens with one attached hydrogen (secondary N) is 1. The minimum atomic E-state index is -0.278. The van der Waals surface area contributed by atoms with E-state index in [9.17, 15) is 4.79 Å². The number of aromatic nitrogens is 3. The van der Waals surface area contributed by atoms with E-state index in [4.69, 9.17) is 11.0 Å². The van der Waals surface area contributed by atoms with Gasteiger partial charge in [0, 0.05) is 10.2 Å². The second-order valence-electron chi connectivity index (χ2n) is 3.67. The maximum Gasteiger partial charge on any atom is 0.252 e. The molecule has 1 amide bonds. The van der Waals surface area contributed by atoms with Gasteiger partial charge in [0.15, 0.2) is 0 Å². The summed E-state index contributed by atoms with van der Waals surface area (Å²) in [4.78, 5) is 15.5. The van der Waals surface area contributed by atoms with Crippen LogP contribution in [-0.2, 0) is 11.3 Å². The lowest BCUT2D eigenvalue weighted by atomic mass is 10.3. The maximum atomic E-state index is 11.8. The van der Waals surface area contributed by atoms with E-state index in [0.717, 1.165) is 0 Å². The Bertz CT molecular complexity index is 659. The number of hydrogen-bond acceptors (Lipinski definition) is 5. The summed E-state index contributed by atoms with van der Waals surface area (Å²) >= 11 is 3.30. The Hall–Kier alpha value is -2.40. The average molecular weight is 321 g/mol. The Morgan fingerprint density at radius 2 is 2.37 bits per heavy atom. The molecule has 0 atom stereocenters. The summed E-state index contributed by atoms with van der Waals surface area (Å²) in [6, 6.07) is 6.86. The van der Waals surface area contributed by atoms with Crippen molar-refractivity contribution in [1.29, 1.82) is 5.26 Å². The van der Waals surface area contributed by atoms with Gasteiger partial charge in [-0.3, -0.25) is 4.79 Å². The van der Waals surface area contributed by atoms with Gasteiger partial charge in [0.25, 0.3) is 5.82 Å². The largest absolute Gasteiger partial charge is 0.399 e. The first-order valence-electron chi connectivity index (χ1n) is 5.23. The van der Waals surface area contributed by atoms with E-state index in [1.807, 2.05) is 0 Å². The molecule has 0 radical (unpaired) electrons. The van der Waals surface area contributed by atoms with Crippen LogP contribution in [0.15, 0.2) is 29.0 Å². The van der Waals surface area contributed by atoms with Gasteiger partial charge in [-0.1, -0.05) is 0 Å².